The van der Waals surface area contributed by atoms with E-state index in [-0.39, 0.29) is 7.92 Å². The van der Waals surface area contributed by atoms with Crippen LogP contribution in [0, 0.1) is 0 Å². The van der Waals surface area contributed by atoms with Gasteiger partial charge in [0.05, 0.1) is 16.5 Å². The van der Waals surface area contributed by atoms with Gasteiger partial charge in [0.25, 0.3) is 0 Å². The van der Waals surface area contributed by atoms with Crippen LogP contribution in [0.3, 0.4) is 0 Å². The van der Waals surface area contributed by atoms with E-state index in [0.717, 1.165) is 5.90 Å². The molecule has 0 heterocycles. The SMILES string of the molecule is [B][P+](CP(C(C)C)C(C)C)(c1ccccc1)c1ccccc1. The summed E-state index contributed by atoms with van der Waals surface area (Å²) in [6, 6.07) is 21.5. The van der Waals surface area contributed by atoms with Crippen LogP contribution in [-0.4, -0.2) is 24.8 Å². The first kappa shape index (κ1) is 17.7. The van der Waals surface area contributed by atoms with Gasteiger partial charge in [-0.2, -0.15) is 0 Å². The van der Waals surface area contributed by atoms with E-state index >= 15 is 0 Å². The van der Waals surface area contributed by atoms with Crippen molar-refractivity contribution in [3.8, 4) is 0 Å². The van der Waals surface area contributed by atoms with Gasteiger partial charge >= 0.3 is 7.57 Å². The molecule has 2 rings (SSSR count). The highest BCUT2D eigenvalue weighted by Gasteiger charge is 2.40. The first-order chi connectivity index (χ1) is 10.4. The third-order valence-electron chi connectivity index (χ3n) is 4.15. The summed E-state index contributed by atoms with van der Waals surface area (Å²) in [6.07, 6.45) is 0. The quantitative estimate of drug-likeness (QED) is 0.518. The van der Waals surface area contributed by atoms with Gasteiger partial charge in [0, 0.05) is 7.14 Å². The third-order valence-corrected chi connectivity index (χ3v) is 12.3. The monoisotopic (exact) mass is 327 g/mol. The van der Waals surface area contributed by atoms with Crippen LogP contribution >= 0.6 is 15.1 Å². The van der Waals surface area contributed by atoms with Gasteiger partial charge < -0.3 is 0 Å². The minimum Gasteiger partial charge on any atom is -0.0626 e. The fourth-order valence-electron chi connectivity index (χ4n) is 2.88. The Labute approximate surface area is 139 Å². The topological polar surface area (TPSA) is 0 Å². The maximum absolute atomic E-state index is 7.14. The lowest BCUT2D eigenvalue weighted by atomic mass is 10.4. The normalized spacial score (nSPS) is 12.3. The van der Waals surface area contributed by atoms with Crippen molar-refractivity contribution >= 4 is 33.2 Å². The molecular weight excluding hydrogens is 301 g/mol. The van der Waals surface area contributed by atoms with Crippen molar-refractivity contribution in [3.63, 3.8) is 0 Å². The predicted molar refractivity (Wildman–Crippen MR) is 107 cm³/mol. The van der Waals surface area contributed by atoms with Crippen molar-refractivity contribution in [2.45, 2.75) is 39.0 Å². The first-order valence-electron chi connectivity index (χ1n) is 7.99. The Balaban J connectivity index is 2.47. The van der Waals surface area contributed by atoms with Gasteiger partial charge in [0.1, 0.15) is 0 Å². The van der Waals surface area contributed by atoms with Gasteiger partial charge in [-0.1, -0.05) is 72.0 Å². The molecule has 2 aromatic rings. The van der Waals surface area contributed by atoms with E-state index in [0.29, 0.717) is 11.3 Å². The van der Waals surface area contributed by atoms with E-state index in [4.69, 9.17) is 7.57 Å². The van der Waals surface area contributed by atoms with Crippen molar-refractivity contribution < 1.29 is 0 Å². The van der Waals surface area contributed by atoms with Crippen molar-refractivity contribution in [1.82, 2.24) is 0 Å². The Morgan fingerprint density at radius 1 is 0.773 bits per heavy atom. The Kier molecular flexibility index (Phi) is 6.25. The molecule has 3 heteroatoms. The Morgan fingerprint density at radius 2 is 1.14 bits per heavy atom. The van der Waals surface area contributed by atoms with Crippen molar-refractivity contribution in [1.29, 1.82) is 0 Å². The van der Waals surface area contributed by atoms with Crippen molar-refractivity contribution in [2.75, 3.05) is 5.90 Å². The summed E-state index contributed by atoms with van der Waals surface area (Å²) in [5, 5.41) is 2.66. The largest absolute Gasteiger partial charge is 0.377 e. The van der Waals surface area contributed by atoms with Gasteiger partial charge in [-0.15, -0.1) is 0 Å². The van der Waals surface area contributed by atoms with Gasteiger partial charge in [-0.05, 0) is 35.6 Å². The summed E-state index contributed by atoms with van der Waals surface area (Å²) in [5.41, 5.74) is 1.43. The second kappa shape index (κ2) is 7.76. The van der Waals surface area contributed by atoms with Crippen LogP contribution in [0.1, 0.15) is 27.7 Å². The molecule has 0 nitrogen and oxygen atoms in total. The standard InChI is InChI=1S/C19H26BP2/c1-16(2)21(17(3)4)15-22(20,18-11-7-5-8-12-18)19-13-9-6-10-14-19/h5-14,16-17H,15H2,1-4H3/q+1. The molecule has 0 saturated heterocycles. The van der Waals surface area contributed by atoms with E-state index in [2.05, 4.69) is 88.4 Å². The van der Waals surface area contributed by atoms with E-state index in [1.165, 1.54) is 10.6 Å². The van der Waals surface area contributed by atoms with E-state index in [1.807, 2.05) is 0 Å². The fraction of sp³-hybridized carbons (Fsp3) is 0.368. The van der Waals surface area contributed by atoms with Crippen LogP contribution in [-0.2, 0) is 0 Å². The number of hydrogen-bond acceptors (Lipinski definition) is 0. The van der Waals surface area contributed by atoms with Crippen LogP contribution in [0.25, 0.3) is 0 Å². The molecule has 114 valence electrons. The zero-order valence-corrected chi connectivity index (χ0v) is 15.9. The maximum atomic E-state index is 7.14. The molecule has 0 atom stereocenters. The fourth-order valence-corrected chi connectivity index (χ4v) is 11.8. The number of benzene rings is 2. The first-order valence-corrected chi connectivity index (χ1v) is 11.7. The van der Waals surface area contributed by atoms with E-state index in [1.54, 1.807) is 0 Å². The molecular formula is C19H26BP2+. The zero-order valence-electron chi connectivity index (χ0n) is 14.1. The summed E-state index contributed by atoms with van der Waals surface area (Å²) < 4.78 is 0. The lowest BCUT2D eigenvalue weighted by molar-refractivity contribution is 1.01. The Morgan fingerprint density at radius 3 is 1.45 bits per heavy atom. The minimum absolute atomic E-state index is 0.0895. The summed E-state index contributed by atoms with van der Waals surface area (Å²) >= 11 is 0. The van der Waals surface area contributed by atoms with E-state index in [9.17, 15) is 0 Å². The zero-order chi connectivity index (χ0) is 16.2. The van der Waals surface area contributed by atoms with Gasteiger partial charge in [0.2, 0.25) is 0 Å². The maximum Gasteiger partial charge on any atom is 0.377 e. The summed E-state index contributed by atoms with van der Waals surface area (Å²) in [4.78, 5) is 0. The molecule has 0 spiro atoms. The molecule has 2 radical (unpaired) electrons. The minimum atomic E-state index is -1.81. The van der Waals surface area contributed by atoms with Gasteiger partial charge in [-0.25, -0.2) is 0 Å². The Bertz CT molecular complexity index is 519. The summed E-state index contributed by atoms with van der Waals surface area (Å²) in [5.74, 6) is 1.14. The molecule has 0 aliphatic carbocycles. The van der Waals surface area contributed by atoms with Crippen LogP contribution in [0.15, 0.2) is 60.7 Å². The molecule has 22 heavy (non-hydrogen) atoms. The van der Waals surface area contributed by atoms with Crippen molar-refractivity contribution in [2.24, 2.45) is 0 Å². The molecule has 0 N–H and O–H groups in total. The molecule has 0 fully saturated rings. The van der Waals surface area contributed by atoms with Crippen LogP contribution in [0.2, 0.25) is 0 Å². The average Bonchev–Trinajstić information content (AvgIpc) is 2.53. The number of hydrogen-bond donors (Lipinski definition) is 0. The molecule has 0 saturated carbocycles. The molecule has 0 bridgehead atoms. The molecule has 2 aromatic carbocycles. The second-order valence-corrected chi connectivity index (χ2v) is 13.4. The van der Waals surface area contributed by atoms with Gasteiger partial charge in [-0.3, -0.25) is 0 Å². The lowest BCUT2D eigenvalue weighted by Crippen LogP contribution is -2.26. The van der Waals surface area contributed by atoms with Crippen LogP contribution in [0.4, 0.5) is 0 Å². The highest BCUT2D eigenvalue weighted by molar-refractivity contribution is 8.12. The highest BCUT2D eigenvalue weighted by atomic mass is 31.2. The summed E-state index contributed by atoms with van der Waals surface area (Å²) in [7, 11) is 5.25. The molecule has 0 aromatic heterocycles. The highest BCUT2D eigenvalue weighted by Crippen LogP contribution is 2.64. The number of rotatable bonds is 6. The molecule has 0 aliphatic rings. The van der Waals surface area contributed by atoms with Crippen LogP contribution in [0.5, 0.6) is 0 Å². The van der Waals surface area contributed by atoms with Crippen molar-refractivity contribution in [3.05, 3.63) is 60.7 Å². The Hall–Kier alpha value is -0.635. The predicted octanol–water partition coefficient (Wildman–Crippen LogP) is 4.99. The lowest BCUT2D eigenvalue weighted by Gasteiger charge is -2.32. The van der Waals surface area contributed by atoms with Gasteiger partial charge in [0.15, 0.2) is 0 Å². The molecule has 0 aliphatic heterocycles. The molecule has 0 unspecified atom stereocenters. The second-order valence-electron chi connectivity index (χ2n) is 6.38. The average molecular weight is 327 g/mol. The third kappa shape index (κ3) is 4.01. The summed E-state index contributed by atoms with van der Waals surface area (Å²) in [6.45, 7) is 9.41. The molecule has 0 amide bonds. The smallest absolute Gasteiger partial charge is 0.0626 e. The van der Waals surface area contributed by atoms with Crippen LogP contribution < -0.4 is 10.6 Å². The van der Waals surface area contributed by atoms with E-state index < -0.39 is 7.14 Å².